The summed E-state index contributed by atoms with van der Waals surface area (Å²) in [6, 6.07) is 12.8. The highest BCUT2D eigenvalue weighted by Gasteiger charge is 2.35. The summed E-state index contributed by atoms with van der Waals surface area (Å²) in [4.78, 5) is 4.24. The molecule has 3 aromatic rings. The summed E-state index contributed by atoms with van der Waals surface area (Å²) >= 11 is 12.5. The van der Waals surface area contributed by atoms with Gasteiger partial charge in [-0.1, -0.05) is 42.6 Å². The fourth-order valence-corrected chi connectivity index (χ4v) is 3.62. The predicted octanol–water partition coefficient (Wildman–Crippen LogP) is 5.79. The maximum atomic E-state index is 6.63. The molecular weight excluding hydrogens is 385 g/mol. The fraction of sp³-hybridized carbons (Fsp3) is 0.300. The van der Waals surface area contributed by atoms with Gasteiger partial charge in [0.2, 0.25) is 0 Å². The van der Waals surface area contributed by atoms with Crippen LogP contribution in [0.4, 0.5) is 0 Å². The van der Waals surface area contributed by atoms with Crippen LogP contribution in [0.3, 0.4) is 0 Å². The SMILES string of the molecule is CCCC(Cc1nc[nH]n1)(OC)c1ccc(Oc2ccc(Cl)cc2)cc1Cl. The summed E-state index contributed by atoms with van der Waals surface area (Å²) in [5.74, 6) is 2.02. The van der Waals surface area contributed by atoms with Crippen molar-refractivity contribution in [3.8, 4) is 11.5 Å². The van der Waals surface area contributed by atoms with E-state index in [2.05, 4.69) is 22.1 Å². The first-order valence-electron chi connectivity index (χ1n) is 8.69. The Morgan fingerprint density at radius 1 is 1.07 bits per heavy atom. The van der Waals surface area contributed by atoms with E-state index in [0.717, 1.165) is 18.4 Å². The molecule has 1 unspecified atom stereocenters. The Balaban J connectivity index is 1.89. The molecule has 27 heavy (non-hydrogen) atoms. The number of nitrogens with one attached hydrogen (secondary N) is 1. The van der Waals surface area contributed by atoms with E-state index in [4.69, 9.17) is 32.7 Å². The highest BCUT2D eigenvalue weighted by molar-refractivity contribution is 6.31. The van der Waals surface area contributed by atoms with Crippen molar-refractivity contribution in [2.45, 2.75) is 31.8 Å². The van der Waals surface area contributed by atoms with E-state index in [1.807, 2.05) is 24.3 Å². The number of methoxy groups -OCH3 is 1. The minimum Gasteiger partial charge on any atom is -0.457 e. The van der Waals surface area contributed by atoms with Gasteiger partial charge in [0, 0.05) is 24.1 Å². The third-order valence-electron chi connectivity index (χ3n) is 4.43. The average molecular weight is 406 g/mol. The van der Waals surface area contributed by atoms with E-state index >= 15 is 0 Å². The van der Waals surface area contributed by atoms with Crippen LogP contribution in [0.1, 0.15) is 31.2 Å². The molecule has 0 radical (unpaired) electrons. The minimum absolute atomic E-state index is 0.526. The lowest BCUT2D eigenvalue weighted by Crippen LogP contribution is -2.32. The Morgan fingerprint density at radius 3 is 2.41 bits per heavy atom. The maximum Gasteiger partial charge on any atom is 0.153 e. The Labute approximate surface area is 168 Å². The van der Waals surface area contributed by atoms with Crippen LogP contribution in [0.2, 0.25) is 10.0 Å². The van der Waals surface area contributed by atoms with Gasteiger partial charge in [-0.15, -0.1) is 0 Å². The third-order valence-corrected chi connectivity index (χ3v) is 5.00. The molecule has 5 nitrogen and oxygen atoms in total. The lowest BCUT2D eigenvalue weighted by molar-refractivity contribution is -0.0242. The second-order valence-corrected chi connectivity index (χ2v) is 7.08. The number of aromatic amines is 1. The molecule has 0 fully saturated rings. The second-order valence-electron chi connectivity index (χ2n) is 6.24. The van der Waals surface area contributed by atoms with Crippen molar-refractivity contribution in [1.29, 1.82) is 0 Å². The monoisotopic (exact) mass is 405 g/mol. The summed E-state index contributed by atoms with van der Waals surface area (Å²) in [5.41, 5.74) is 0.286. The van der Waals surface area contributed by atoms with Gasteiger partial charge >= 0.3 is 0 Å². The van der Waals surface area contributed by atoms with E-state index in [9.17, 15) is 0 Å². The van der Waals surface area contributed by atoms with Crippen molar-refractivity contribution < 1.29 is 9.47 Å². The van der Waals surface area contributed by atoms with Gasteiger partial charge in [-0.25, -0.2) is 4.98 Å². The Morgan fingerprint density at radius 2 is 1.81 bits per heavy atom. The Hall–Kier alpha value is -2.08. The zero-order valence-corrected chi connectivity index (χ0v) is 16.7. The normalized spacial score (nSPS) is 13.3. The van der Waals surface area contributed by atoms with E-state index in [1.165, 1.54) is 0 Å². The largest absolute Gasteiger partial charge is 0.457 e. The van der Waals surface area contributed by atoms with Crippen LogP contribution in [-0.2, 0) is 16.8 Å². The van der Waals surface area contributed by atoms with Crippen LogP contribution in [0.5, 0.6) is 11.5 Å². The predicted molar refractivity (Wildman–Crippen MR) is 107 cm³/mol. The number of aromatic nitrogens is 3. The summed E-state index contributed by atoms with van der Waals surface area (Å²) in [7, 11) is 1.69. The number of hydrogen-bond donors (Lipinski definition) is 1. The summed E-state index contributed by atoms with van der Waals surface area (Å²) < 4.78 is 11.8. The molecule has 3 rings (SSSR count). The molecule has 0 aliphatic heterocycles. The van der Waals surface area contributed by atoms with Crippen molar-refractivity contribution >= 4 is 23.2 Å². The van der Waals surface area contributed by atoms with Crippen LogP contribution in [0.15, 0.2) is 48.8 Å². The number of ether oxygens (including phenoxy) is 2. The fourth-order valence-electron chi connectivity index (χ4n) is 3.15. The third kappa shape index (κ3) is 4.61. The van der Waals surface area contributed by atoms with Crippen LogP contribution in [-0.4, -0.2) is 22.3 Å². The van der Waals surface area contributed by atoms with Crippen LogP contribution >= 0.6 is 23.2 Å². The first kappa shape index (κ1) is 19.7. The average Bonchev–Trinajstić information content (AvgIpc) is 3.16. The molecule has 0 spiro atoms. The summed E-state index contributed by atoms with van der Waals surface area (Å²) in [6.07, 6.45) is 3.80. The first-order valence-corrected chi connectivity index (χ1v) is 9.45. The van der Waals surface area contributed by atoms with E-state index in [0.29, 0.717) is 33.8 Å². The number of hydrogen-bond acceptors (Lipinski definition) is 4. The van der Waals surface area contributed by atoms with E-state index in [-0.39, 0.29) is 0 Å². The summed E-state index contributed by atoms with van der Waals surface area (Å²) in [6.45, 7) is 2.11. The van der Waals surface area contributed by atoms with E-state index < -0.39 is 5.60 Å². The van der Waals surface area contributed by atoms with Crippen molar-refractivity contribution in [3.05, 3.63) is 70.2 Å². The Bertz CT molecular complexity index is 869. The molecule has 0 saturated carbocycles. The number of H-pyrrole nitrogens is 1. The van der Waals surface area contributed by atoms with Crippen LogP contribution < -0.4 is 4.74 Å². The van der Waals surface area contributed by atoms with Gasteiger partial charge in [0.05, 0.1) is 5.02 Å². The van der Waals surface area contributed by atoms with Crippen molar-refractivity contribution in [2.24, 2.45) is 0 Å². The molecule has 0 saturated heterocycles. The van der Waals surface area contributed by atoms with Crippen molar-refractivity contribution in [3.63, 3.8) is 0 Å². The molecule has 2 aromatic carbocycles. The van der Waals surface area contributed by atoms with Gasteiger partial charge in [0.1, 0.15) is 23.4 Å². The molecule has 1 N–H and O–H groups in total. The van der Waals surface area contributed by atoms with Crippen LogP contribution in [0.25, 0.3) is 0 Å². The number of nitrogens with zero attached hydrogens (tertiary/aromatic N) is 2. The lowest BCUT2D eigenvalue weighted by atomic mass is 9.85. The van der Waals surface area contributed by atoms with E-state index in [1.54, 1.807) is 31.6 Å². The zero-order chi connectivity index (χ0) is 19.3. The molecule has 0 aliphatic rings. The molecule has 0 amide bonds. The molecule has 7 heteroatoms. The molecule has 1 heterocycles. The number of benzene rings is 2. The van der Waals surface area contributed by atoms with Gasteiger partial charge in [-0.05, 0) is 42.8 Å². The van der Waals surface area contributed by atoms with Gasteiger partial charge in [-0.3, -0.25) is 5.10 Å². The quantitative estimate of drug-likeness (QED) is 0.515. The van der Waals surface area contributed by atoms with Gasteiger partial charge in [0.25, 0.3) is 0 Å². The standard InChI is InChI=1S/C20H21Cl2N3O2/c1-3-10-20(26-2,12-19-23-13-24-25-19)17-9-8-16(11-18(17)22)27-15-6-4-14(21)5-7-15/h4-9,11,13H,3,10,12H2,1-2H3,(H,23,24,25). The molecule has 1 aromatic heterocycles. The molecular formula is C20H21Cl2N3O2. The minimum atomic E-state index is -0.604. The maximum absolute atomic E-state index is 6.63. The highest BCUT2D eigenvalue weighted by atomic mass is 35.5. The topological polar surface area (TPSA) is 60.0 Å². The lowest BCUT2D eigenvalue weighted by Gasteiger charge is -2.33. The molecule has 1 atom stereocenters. The van der Waals surface area contributed by atoms with Crippen molar-refractivity contribution in [2.75, 3.05) is 7.11 Å². The van der Waals surface area contributed by atoms with Gasteiger partial charge in [0.15, 0.2) is 5.82 Å². The smallest absolute Gasteiger partial charge is 0.153 e. The summed E-state index contributed by atoms with van der Waals surface area (Å²) in [5, 5.41) is 8.15. The Kier molecular flexibility index (Phi) is 6.37. The van der Waals surface area contributed by atoms with Gasteiger partial charge in [-0.2, -0.15) is 5.10 Å². The number of halogens is 2. The van der Waals surface area contributed by atoms with Crippen molar-refractivity contribution in [1.82, 2.24) is 15.2 Å². The van der Waals surface area contributed by atoms with Crippen LogP contribution in [0, 0.1) is 0 Å². The molecule has 0 bridgehead atoms. The highest BCUT2D eigenvalue weighted by Crippen LogP contribution is 2.39. The molecule has 142 valence electrons. The second kappa shape index (κ2) is 8.74. The first-order chi connectivity index (χ1) is 13.1. The molecule has 0 aliphatic carbocycles. The number of rotatable bonds is 8. The zero-order valence-electron chi connectivity index (χ0n) is 15.2. The van der Waals surface area contributed by atoms with Gasteiger partial charge < -0.3 is 9.47 Å².